The van der Waals surface area contributed by atoms with E-state index in [0.717, 1.165) is 32.8 Å². The topological polar surface area (TPSA) is 38.7 Å². The van der Waals surface area contributed by atoms with E-state index in [-0.39, 0.29) is 0 Å². The minimum atomic E-state index is 0.644. The monoisotopic (exact) mass is 611 g/mol. The van der Waals surface area contributed by atoms with Crippen LogP contribution in [0.2, 0.25) is 0 Å². The third kappa shape index (κ3) is 4.99. The first-order valence-corrected chi connectivity index (χ1v) is 16.2. The van der Waals surface area contributed by atoms with Gasteiger partial charge in [-0.05, 0) is 66.7 Å². The van der Waals surface area contributed by atoms with E-state index >= 15 is 0 Å². The molecule has 0 bridgehead atoms. The van der Waals surface area contributed by atoms with Crippen molar-refractivity contribution in [3.63, 3.8) is 0 Å². The first kappa shape index (κ1) is 27.8. The second kappa shape index (κ2) is 11.7. The zero-order valence-electron chi connectivity index (χ0n) is 26.1. The van der Waals surface area contributed by atoms with Gasteiger partial charge in [0.1, 0.15) is 0 Å². The summed E-state index contributed by atoms with van der Waals surface area (Å²) in [5.41, 5.74) is 7.60. The van der Waals surface area contributed by atoms with Crippen molar-refractivity contribution in [3.8, 4) is 56.4 Å². The third-order valence-corrected chi connectivity index (χ3v) is 9.12. The van der Waals surface area contributed by atoms with Crippen LogP contribution in [0.5, 0.6) is 0 Å². The Kier molecular flexibility index (Phi) is 6.80. The number of aromatic nitrogens is 3. The molecule has 48 heavy (non-hydrogen) atoms. The van der Waals surface area contributed by atoms with Gasteiger partial charge in [0.2, 0.25) is 0 Å². The molecule has 0 fully saturated rings. The van der Waals surface area contributed by atoms with Crippen molar-refractivity contribution in [3.05, 3.63) is 176 Å². The number of benzene rings is 8. The lowest BCUT2D eigenvalue weighted by Gasteiger charge is -2.13. The molecule has 0 spiro atoms. The van der Waals surface area contributed by atoms with E-state index in [0.29, 0.717) is 17.5 Å². The normalized spacial score (nSPS) is 11.3. The van der Waals surface area contributed by atoms with Gasteiger partial charge in [-0.2, -0.15) is 0 Å². The number of fused-ring (bicyclic) bond motifs is 3. The van der Waals surface area contributed by atoms with Gasteiger partial charge in [-0.15, -0.1) is 0 Å². The quantitative estimate of drug-likeness (QED) is 0.194. The van der Waals surface area contributed by atoms with Crippen LogP contribution in [0.25, 0.3) is 88.7 Å². The van der Waals surface area contributed by atoms with Gasteiger partial charge in [0.15, 0.2) is 17.5 Å². The maximum absolute atomic E-state index is 5.18. The largest absolute Gasteiger partial charge is 0.208 e. The first-order chi connectivity index (χ1) is 23.8. The van der Waals surface area contributed by atoms with Crippen molar-refractivity contribution in [1.82, 2.24) is 15.0 Å². The molecule has 0 radical (unpaired) electrons. The summed E-state index contributed by atoms with van der Waals surface area (Å²) in [6.07, 6.45) is 0. The van der Waals surface area contributed by atoms with Gasteiger partial charge in [-0.3, -0.25) is 0 Å². The fourth-order valence-electron chi connectivity index (χ4n) is 6.74. The number of hydrogen-bond acceptors (Lipinski definition) is 3. The molecule has 0 amide bonds. The molecule has 0 aliphatic carbocycles. The molecule has 0 saturated heterocycles. The van der Waals surface area contributed by atoms with Crippen molar-refractivity contribution in [2.24, 2.45) is 0 Å². The van der Waals surface area contributed by atoms with Gasteiger partial charge in [0.05, 0.1) is 0 Å². The number of nitrogens with zero attached hydrogens (tertiary/aromatic N) is 3. The van der Waals surface area contributed by atoms with Gasteiger partial charge < -0.3 is 0 Å². The molecule has 3 nitrogen and oxygen atoms in total. The summed E-state index contributed by atoms with van der Waals surface area (Å²) in [5, 5.41) is 7.05. The predicted molar refractivity (Wildman–Crippen MR) is 200 cm³/mol. The molecule has 9 rings (SSSR count). The Morgan fingerprint density at radius 2 is 0.771 bits per heavy atom. The first-order valence-electron chi connectivity index (χ1n) is 16.2. The van der Waals surface area contributed by atoms with Crippen molar-refractivity contribution in [1.29, 1.82) is 0 Å². The molecule has 1 heterocycles. The molecule has 8 aromatic carbocycles. The fraction of sp³-hybridized carbons (Fsp3) is 0. The van der Waals surface area contributed by atoms with E-state index in [9.17, 15) is 0 Å². The van der Waals surface area contributed by atoms with Crippen molar-refractivity contribution in [2.45, 2.75) is 0 Å². The Hall–Kier alpha value is -6.45. The maximum atomic E-state index is 5.18. The lowest BCUT2D eigenvalue weighted by atomic mass is 9.95. The molecule has 224 valence electrons. The summed E-state index contributed by atoms with van der Waals surface area (Å²) in [6.45, 7) is 0. The summed E-state index contributed by atoms with van der Waals surface area (Å²) in [6, 6.07) is 61.7. The molecule has 0 atom stereocenters. The van der Waals surface area contributed by atoms with Crippen LogP contribution < -0.4 is 0 Å². The second-order valence-electron chi connectivity index (χ2n) is 12.0. The zero-order chi connectivity index (χ0) is 31.9. The fourth-order valence-corrected chi connectivity index (χ4v) is 6.74. The Morgan fingerprint density at radius 3 is 1.54 bits per heavy atom. The summed E-state index contributed by atoms with van der Waals surface area (Å²) < 4.78 is 0. The Bertz CT molecular complexity index is 2610. The van der Waals surface area contributed by atoms with E-state index in [2.05, 4.69) is 158 Å². The zero-order valence-corrected chi connectivity index (χ0v) is 26.1. The minimum absolute atomic E-state index is 0.644. The summed E-state index contributed by atoms with van der Waals surface area (Å²) in [4.78, 5) is 15.3. The molecule has 3 heteroatoms. The average Bonchev–Trinajstić information content (AvgIpc) is 3.17. The highest BCUT2D eigenvalue weighted by Crippen LogP contribution is 2.36. The van der Waals surface area contributed by atoms with Gasteiger partial charge in [-0.1, -0.05) is 164 Å². The molecule has 0 aliphatic heterocycles. The highest BCUT2D eigenvalue weighted by Gasteiger charge is 2.16. The van der Waals surface area contributed by atoms with Crippen molar-refractivity contribution >= 4 is 32.3 Å². The van der Waals surface area contributed by atoms with Crippen LogP contribution in [-0.4, -0.2) is 15.0 Å². The van der Waals surface area contributed by atoms with Crippen LogP contribution in [0.4, 0.5) is 0 Å². The van der Waals surface area contributed by atoms with Crippen LogP contribution in [0.15, 0.2) is 176 Å². The van der Waals surface area contributed by atoms with Crippen LogP contribution in [0, 0.1) is 0 Å². The third-order valence-electron chi connectivity index (χ3n) is 9.12. The van der Waals surface area contributed by atoms with E-state index in [1.54, 1.807) is 0 Å². The van der Waals surface area contributed by atoms with Crippen LogP contribution in [-0.2, 0) is 0 Å². The van der Waals surface area contributed by atoms with Crippen molar-refractivity contribution in [2.75, 3.05) is 0 Å². The molecular weight excluding hydrogens is 583 g/mol. The Balaban J connectivity index is 1.24. The van der Waals surface area contributed by atoms with E-state index in [4.69, 9.17) is 15.0 Å². The maximum Gasteiger partial charge on any atom is 0.164 e. The highest BCUT2D eigenvalue weighted by atomic mass is 15.0. The van der Waals surface area contributed by atoms with E-state index in [1.165, 1.54) is 38.4 Å². The Morgan fingerprint density at radius 1 is 0.250 bits per heavy atom. The highest BCUT2D eigenvalue weighted by molar-refractivity contribution is 6.04. The van der Waals surface area contributed by atoms with Gasteiger partial charge in [0, 0.05) is 16.7 Å². The van der Waals surface area contributed by atoms with Crippen LogP contribution >= 0.6 is 0 Å². The molecule has 0 unspecified atom stereocenters. The van der Waals surface area contributed by atoms with Gasteiger partial charge >= 0.3 is 0 Å². The smallest absolute Gasteiger partial charge is 0.164 e. The Labute approximate surface area is 278 Å². The van der Waals surface area contributed by atoms with E-state index < -0.39 is 0 Å². The number of hydrogen-bond donors (Lipinski definition) is 0. The standard InChI is InChI=1S/C45H29N3/c1-3-13-31(14-4-1)37-20-10-22-40-39(37)21-11-23-41(40)45-47-43(33-15-5-2-6-16-33)46-44(48-45)36-27-25-32-18-9-19-38(42(32)29-36)35-26-24-30-12-7-8-17-34(30)28-35/h1-29H. The summed E-state index contributed by atoms with van der Waals surface area (Å²) >= 11 is 0. The molecule has 0 aliphatic rings. The predicted octanol–water partition coefficient (Wildman–Crippen LogP) is 11.7. The summed E-state index contributed by atoms with van der Waals surface area (Å²) in [7, 11) is 0. The number of rotatable bonds is 5. The second-order valence-corrected chi connectivity index (χ2v) is 12.0. The lowest BCUT2D eigenvalue weighted by molar-refractivity contribution is 1.08. The summed E-state index contributed by atoms with van der Waals surface area (Å²) in [5.74, 6) is 1.94. The average molecular weight is 612 g/mol. The molecular formula is C45H29N3. The van der Waals surface area contributed by atoms with Gasteiger partial charge in [0.25, 0.3) is 0 Å². The lowest BCUT2D eigenvalue weighted by Crippen LogP contribution is -2.00. The molecule has 0 N–H and O–H groups in total. The molecule has 9 aromatic rings. The van der Waals surface area contributed by atoms with Gasteiger partial charge in [-0.25, -0.2) is 15.0 Å². The van der Waals surface area contributed by atoms with Crippen LogP contribution in [0.1, 0.15) is 0 Å². The van der Waals surface area contributed by atoms with Crippen molar-refractivity contribution < 1.29 is 0 Å². The minimum Gasteiger partial charge on any atom is -0.208 e. The molecule has 0 saturated carbocycles. The SMILES string of the molecule is c1ccc(-c2nc(-c3ccc4cccc(-c5ccc6ccccc6c5)c4c3)nc(-c3cccc4c(-c5ccccc5)cccc34)n2)cc1. The van der Waals surface area contributed by atoms with Crippen LogP contribution in [0.3, 0.4) is 0 Å². The van der Waals surface area contributed by atoms with E-state index in [1.807, 2.05) is 18.2 Å². The molecule has 1 aromatic heterocycles.